The molecule has 1 heteroatoms. The van der Waals surface area contributed by atoms with Crippen LogP contribution in [0.1, 0.15) is 63.9 Å². The van der Waals surface area contributed by atoms with Crippen LogP contribution in [0.25, 0.3) is 0 Å². The van der Waals surface area contributed by atoms with Crippen molar-refractivity contribution >= 4 is 0 Å². The van der Waals surface area contributed by atoms with Crippen molar-refractivity contribution < 1.29 is 4.39 Å². The molecule has 0 unspecified atom stereocenters. The Morgan fingerprint density at radius 2 is 1.82 bits per heavy atom. The first kappa shape index (κ1) is 16.8. The lowest BCUT2D eigenvalue weighted by molar-refractivity contribution is 0.289. The maximum absolute atomic E-state index is 12.8. The number of hydrogen-bond donors (Lipinski definition) is 0. The molecule has 2 rings (SSSR count). The van der Waals surface area contributed by atoms with E-state index in [0.717, 1.165) is 11.5 Å². The van der Waals surface area contributed by atoms with Gasteiger partial charge in [0.15, 0.2) is 0 Å². The SMILES string of the molecule is CCCCCC1CCC(/C=C/C#Cc2ccc(F)cc2)CC1. The van der Waals surface area contributed by atoms with E-state index >= 15 is 0 Å². The quantitative estimate of drug-likeness (QED) is 0.454. The van der Waals surface area contributed by atoms with Crippen molar-refractivity contribution in [3.8, 4) is 11.8 Å². The van der Waals surface area contributed by atoms with E-state index in [1.54, 1.807) is 12.1 Å². The molecule has 22 heavy (non-hydrogen) atoms. The fourth-order valence-corrected chi connectivity index (χ4v) is 3.19. The van der Waals surface area contributed by atoms with Gasteiger partial charge >= 0.3 is 0 Å². The lowest BCUT2D eigenvalue weighted by Crippen LogP contribution is -2.12. The van der Waals surface area contributed by atoms with Gasteiger partial charge in [0.2, 0.25) is 0 Å². The van der Waals surface area contributed by atoms with Gasteiger partial charge in [-0.2, -0.15) is 0 Å². The largest absolute Gasteiger partial charge is 0.207 e. The van der Waals surface area contributed by atoms with Crippen molar-refractivity contribution in [2.24, 2.45) is 11.8 Å². The molecule has 1 aliphatic carbocycles. The molecule has 1 fully saturated rings. The molecule has 1 saturated carbocycles. The normalized spacial score (nSPS) is 21.5. The highest BCUT2D eigenvalue weighted by Gasteiger charge is 2.18. The van der Waals surface area contributed by atoms with E-state index < -0.39 is 0 Å². The van der Waals surface area contributed by atoms with Crippen molar-refractivity contribution in [2.45, 2.75) is 58.3 Å². The first-order chi connectivity index (χ1) is 10.8. The average molecular weight is 298 g/mol. The highest BCUT2D eigenvalue weighted by molar-refractivity contribution is 5.36. The number of benzene rings is 1. The number of halogens is 1. The summed E-state index contributed by atoms with van der Waals surface area (Å²) in [5, 5.41) is 0. The fourth-order valence-electron chi connectivity index (χ4n) is 3.19. The van der Waals surface area contributed by atoms with Gasteiger partial charge in [-0.3, -0.25) is 0 Å². The lowest BCUT2D eigenvalue weighted by Gasteiger charge is -2.26. The van der Waals surface area contributed by atoms with Crippen molar-refractivity contribution in [3.63, 3.8) is 0 Å². The Morgan fingerprint density at radius 1 is 1.09 bits per heavy atom. The van der Waals surface area contributed by atoms with Crippen molar-refractivity contribution in [2.75, 3.05) is 0 Å². The molecular formula is C21H27F. The van der Waals surface area contributed by atoms with Crippen molar-refractivity contribution in [1.82, 2.24) is 0 Å². The summed E-state index contributed by atoms with van der Waals surface area (Å²) in [7, 11) is 0. The molecule has 0 aromatic heterocycles. The van der Waals surface area contributed by atoms with Crippen LogP contribution in [-0.2, 0) is 0 Å². The fraction of sp³-hybridized carbons (Fsp3) is 0.524. The van der Waals surface area contributed by atoms with Crippen LogP contribution in [0.5, 0.6) is 0 Å². The van der Waals surface area contributed by atoms with Gasteiger partial charge in [0, 0.05) is 5.56 Å². The third-order valence-corrected chi connectivity index (χ3v) is 4.62. The molecule has 0 N–H and O–H groups in total. The molecule has 1 aromatic carbocycles. The molecule has 0 spiro atoms. The van der Waals surface area contributed by atoms with Crippen LogP contribution in [0.4, 0.5) is 4.39 Å². The Morgan fingerprint density at radius 3 is 2.50 bits per heavy atom. The minimum Gasteiger partial charge on any atom is -0.207 e. The summed E-state index contributed by atoms with van der Waals surface area (Å²) in [5.74, 6) is 7.57. The van der Waals surface area contributed by atoms with Crippen LogP contribution >= 0.6 is 0 Å². The zero-order chi connectivity index (χ0) is 15.6. The Bertz CT molecular complexity index is 507. The van der Waals surface area contributed by atoms with Crippen LogP contribution in [0.15, 0.2) is 36.4 Å². The van der Waals surface area contributed by atoms with Gasteiger partial charge in [0.25, 0.3) is 0 Å². The van der Waals surface area contributed by atoms with E-state index in [2.05, 4.69) is 24.8 Å². The smallest absolute Gasteiger partial charge is 0.123 e. The van der Waals surface area contributed by atoms with Crippen LogP contribution < -0.4 is 0 Å². The van der Waals surface area contributed by atoms with Crippen molar-refractivity contribution in [1.29, 1.82) is 0 Å². The Kier molecular flexibility index (Phi) is 7.23. The molecule has 0 bridgehead atoms. The molecule has 1 aromatic rings. The van der Waals surface area contributed by atoms with E-state index in [-0.39, 0.29) is 5.82 Å². The Balaban J connectivity index is 1.71. The molecule has 0 amide bonds. The van der Waals surface area contributed by atoms with Gasteiger partial charge in [-0.05, 0) is 67.9 Å². The Hall–Kier alpha value is -1.55. The second kappa shape index (κ2) is 9.46. The molecule has 0 saturated heterocycles. The molecular weight excluding hydrogens is 271 g/mol. The van der Waals surface area contributed by atoms with Crippen LogP contribution in [0.2, 0.25) is 0 Å². The predicted octanol–water partition coefficient (Wildman–Crippen LogP) is 6.12. The summed E-state index contributed by atoms with van der Waals surface area (Å²) >= 11 is 0. The second-order valence-corrected chi connectivity index (χ2v) is 6.41. The molecule has 0 heterocycles. The number of allylic oxidation sites excluding steroid dienone is 2. The second-order valence-electron chi connectivity index (χ2n) is 6.41. The lowest BCUT2D eigenvalue weighted by atomic mass is 9.79. The van der Waals surface area contributed by atoms with Crippen LogP contribution in [0.3, 0.4) is 0 Å². The summed E-state index contributed by atoms with van der Waals surface area (Å²) in [4.78, 5) is 0. The maximum Gasteiger partial charge on any atom is 0.123 e. The highest BCUT2D eigenvalue weighted by atomic mass is 19.1. The first-order valence-corrected chi connectivity index (χ1v) is 8.71. The molecule has 0 nitrogen and oxygen atoms in total. The van der Waals surface area contributed by atoms with Crippen LogP contribution in [0, 0.1) is 29.5 Å². The molecule has 118 valence electrons. The maximum atomic E-state index is 12.8. The summed E-state index contributed by atoms with van der Waals surface area (Å²) < 4.78 is 12.8. The summed E-state index contributed by atoms with van der Waals surface area (Å²) in [5.41, 5.74) is 0.866. The van der Waals surface area contributed by atoms with E-state index in [0.29, 0.717) is 5.92 Å². The standard InChI is InChI=1S/C21H27F/c1-2-3-4-7-18-10-12-19(13-11-18)8-5-6-9-20-14-16-21(22)17-15-20/h5,8,14-19H,2-4,7,10-13H2,1H3/b8-5+. The molecule has 0 aliphatic heterocycles. The van der Waals surface area contributed by atoms with Gasteiger partial charge < -0.3 is 0 Å². The minimum absolute atomic E-state index is 0.211. The Labute approximate surface area is 134 Å². The summed E-state index contributed by atoms with van der Waals surface area (Å²) in [6, 6.07) is 6.34. The molecule has 0 radical (unpaired) electrons. The summed E-state index contributed by atoms with van der Waals surface area (Å²) in [6.45, 7) is 2.27. The van der Waals surface area contributed by atoms with Crippen LogP contribution in [-0.4, -0.2) is 0 Å². The first-order valence-electron chi connectivity index (χ1n) is 8.71. The zero-order valence-electron chi connectivity index (χ0n) is 13.7. The van der Waals surface area contributed by atoms with E-state index in [9.17, 15) is 4.39 Å². The van der Waals surface area contributed by atoms with Gasteiger partial charge in [0.05, 0.1) is 0 Å². The number of unbranched alkanes of at least 4 members (excludes halogenated alkanes) is 2. The monoisotopic (exact) mass is 298 g/mol. The molecule has 0 atom stereocenters. The number of hydrogen-bond acceptors (Lipinski definition) is 0. The average Bonchev–Trinajstić information content (AvgIpc) is 2.55. The van der Waals surface area contributed by atoms with E-state index in [1.807, 2.05) is 6.08 Å². The zero-order valence-corrected chi connectivity index (χ0v) is 13.7. The van der Waals surface area contributed by atoms with Gasteiger partial charge in [-0.25, -0.2) is 4.39 Å². The van der Waals surface area contributed by atoms with Gasteiger partial charge in [-0.1, -0.05) is 50.5 Å². The number of rotatable bonds is 5. The minimum atomic E-state index is -0.211. The highest BCUT2D eigenvalue weighted by Crippen LogP contribution is 2.32. The third-order valence-electron chi connectivity index (χ3n) is 4.62. The van der Waals surface area contributed by atoms with Crippen molar-refractivity contribution in [3.05, 3.63) is 47.8 Å². The summed E-state index contributed by atoms with van der Waals surface area (Å²) in [6.07, 6.45) is 15.2. The van der Waals surface area contributed by atoms with Gasteiger partial charge in [0.1, 0.15) is 5.82 Å². The van der Waals surface area contributed by atoms with Gasteiger partial charge in [-0.15, -0.1) is 0 Å². The van der Waals surface area contributed by atoms with E-state index in [1.165, 1.54) is 63.5 Å². The topological polar surface area (TPSA) is 0 Å². The predicted molar refractivity (Wildman–Crippen MR) is 92.0 cm³/mol. The molecule has 1 aliphatic rings. The van der Waals surface area contributed by atoms with E-state index in [4.69, 9.17) is 0 Å². The third kappa shape index (κ3) is 6.06.